The molecule has 0 aromatic heterocycles. The first-order valence-corrected chi connectivity index (χ1v) is 11.7. The molecule has 0 bridgehead atoms. The summed E-state index contributed by atoms with van der Waals surface area (Å²) in [6, 6.07) is 0. The summed E-state index contributed by atoms with van der Waals surface area (Å²) in [5.74, 6) is 4.80. The van der Waals surface area contributed by atoms with Crippen LogP contribution in [-0.4, -0.2) is 32.6 Å². The third kappa shape index (κ3) is 10.1. The van der Waals surface area contributed by atoms with Crippen LogP contribution in [0.1, 0.15) is 59.3 Å². The summed E-state index contributed by atoms with van der Waals surface area (Å²) < 4.78 is 0. The van der Waals surface area contributed by atoms with E-state index in [9.17, 15) is 14.4 Å². The molecule has 1 fully saturated rings. The Labute approximate surface area is 159 Å². The largest absolute Gasteiger partial charge is 0.288 e. The SMILES string of the molecule is CC(=O)SCC[C@H]1CC[C@H](CCSC(C)=O)[C@@H](CCSC(C)=O)C1. The van der Waals surface area contributed by atoms with E-state index in [-0.39, 0.29) is 15.3 Å². The summed E-state index contributed by atoms with van der Waals surface area (Å²) >= 11 is 4.30. The Balaban J connectivity index is 2.46. The van der Waals surface area contributed by atoms with Gasteiger partial charge in [0.15, 0.2) is 15.3 Å². The lowest BCUT2D eigenvalue weighted by Gasteiger charge is -2.36. The van der Waals surface area contributed by atoms with Gasteiger partial charge in [-0.1, -0.05) is 41.7 Å². The Morgan fingerprint density at radius 3 is 1.67 bits per heavy atom. The Morgan fingerprint density at radius 2 is 1.17 bits per heavy atom. The maximum atomic E-state index is 11.2. The summed E-state index contributed by atoms with van der Waals surface area (Å²) in [5.41, 5.74) is 0. The summed E-state index contributed by atoms with van der Waals surface area (Å²) in [5, 5.41) is 0.608. The van der Waals surface area contributed by atoms with Gasteiger partial charge in [-0.15, -0.1) is 0 Å². The highest BCUT2D eigenvalue weighted by Crippen LogP contribution is 2.40. The van der Waals surface area contributed by atoms with Gasteiger partial charge in [0.2, 0.25) is 0 Å². The van der Waals surface area contributed by atoms with Gasteiger partial charge in [0.25, 0.3) is 0 Å². The normalized spacial score (nSPS) is 23.9. The monoisotopic (exact) mass is 390 g/mol. The second-order valence-corrected chi connectivity index (χ2v) is 10.4. The molecule has 24 heavy (non-hydrogen) atoms. The minimum atomic E-state index is 0.198. The number of hydrogen-bond donors (Lipinski definition) is 0. The molecule has 0 spiro atoms. The van der Waals surface area contributed by atoms with Crippen LogP contribution in [0.4, 0.5) is 0 Å². The quantitative estimate of drug-likeness (QED) is 0.550. The average molecular weight is 391 g/mol. The molecule has 1 aliphatic carbocycles. The molecule has 1 rings (SSSR count). The topological polar surface area (TPSA) is 51.2 Å². The van der Waals surface area contributed by atoms with E-state index in [0.29, 0.717) is 17.8 Å². The van der Waals surface area contributed by atoms with Gasteiger partial charge in [0.1, 0.15) is 0 Å². The van der Waals surface area contributed by atoms with Gasteiger partial charge in [-0.3, -0.25) is 14.4 Å². The molecule has 3 atom stereocenters. The van der Waals surface area contributed by atoms with Gasteiger partial charge in [0, 0.05) is 38.0 Å². The van der Waals surface area contributed by atoms with Crippen LogP contribution in [0.15, 0.2) is 0 Å². The molecule has 0 aliphatic heterocycles. The van der Waals surface area contributed by atoms with Crippen molar-refractivity contribution in [1.29, 1.82) is 0 Å². The third-order valence-electron chi connectivity index (χ3n) is 4.67. The van der Waals surface area contributed by atoms with E-state index in [1.807, 2.05) is 0 Å². The van der Waals surface area contributed by atoms with Gasteiger partial charge in [-0.25, -0.2) is 0 Å². The maximum absolute atomic E-state index is 11.2. The minimum absolute atomic E-state index is 0.198. The van der Waals surface area contributed by atoms with Crippen molar-refractivity contribution in [3.8, 4) is 0 Å². The van der Waals surface area contributed by atoms with E-state index in [0.717, 1.165) is 36.5 Å². The lowest BCUT2D eigenvalue weighted by atomic mass is 9.71. The lowest BCUT2D eigenvalue weighted by Crippen LogP contribution is -2.26. The molecule has 0 heterocycles. The van der Waals surface area contributed by atoms with E-state index < -0.39 is 0 Å². The van der Waals surface area contributed by atoms with E-state index >= 15 is 0 Å². The molecular formula is C18H30O3S3. The summed E-state index contributed by atoms with van der Waals surface area (Å²) in [7, 11) is 0. The molecule has 0 aromatic rings. The zero-order chi connectivity index (χ0) is 17.9. The smallest absolute Gasteiger partial charge is 0.185 e. The number of thioether (sulfide) groups is 3. The van der Waals surface area contributed by atoms with E-state index in [1.165, 1.54) is 54.5 Å². The summed E-state index contributed by atoms with van der Waals surface area (Å²) in [4.78, 5) is 33.4. The molecule has 0 radical (unpaired) electrons. The van der Waals surface area contributed by atoms with E-state index in [2.05, 4.69) is 0 Å². The Bertz CT molecular complexity index is 426. The van der Waals surface area contributed by atoms with Gasteiger partial charge in [0.05, 0.1) is 0 Å². The van der Waals surface area contributed by atoms with E-state index in [4.69, 9.17) is 0 Å². The van der Waals surface area contributed by atoms with E-state index in [1.54, 1.807) is 20.8 Å². The van der Waals surface area contributed by atoms with Crippen LogP contribution in [0.25, 0.3) is 0 Å². The molecule has 1 saturated carbocycles. The van der Waals surface area contributed by atoms with Crippen molar-refractivity contribution in [2.24, 2.45) is 17.8 Å². The van der Waals surface area contributed by atoms with Crippen LogP contribution in [0.2, 0.25) is 0 Å². The van der Waals surface area contributed by atoms with Gasteiger partial charge >= 0.3 is 0 Å². The van der Waals surface area contributed by atoms with Crippen molar-refractivity contribution in [1.82, 2.24) is 0 Å². The van der Waals surface area contributed by atoms with Gasteiger partial charge in [-0.2, -0.15) is 0 Å². The third-order valence-corrected chi connectivity index (χ3v) is 7.21. The molecule has 0 saturated heterocycles. The predicted octanol–water partition coefficient (Wildman–Crippen LogP) is 5.03. The first-order chi connectivity index (χ1) is 11.4. The van der Waals surface area contributed by atoms with Crippen molar-refractivity contribution >= 4 is 50.6 Å². The highest BCUT2D eigenvalue weighted by atomic mass is 32.2. The van der Waals surface area contributed by atoms with Crippen LogP contribution in [-0.2, 0) is 14.4 Å². The average Bonchev–Trinajstić information content (AvgIpc) is 2.48. The van der Waals surface area contributed by atoms with Crippen molar-refractivity contribution in [3.63, 3.8) is 0 Å². The molecule has 138 valence electrons. The Hall–Kier alpha value is 0.0600. The number of rotatable bonds is 9. The van der Waals surface area contributed by atoms with Crippen LogP contribution in [0.5, 0.6) is 0 Å². The Kier molecular flexibility index (Phi) is 11.4. The van der Waals surface area contributed by atoms with Crippen LogP contribution in [0, 0.1) is 17.8 Å². The second-order valence-electron chi connectivity index (χ2n) is 6.59. The van der Waals surface area contributed by atoms with Crippen molar-refractivity contribution in [3.05, 3.63) is 0 Å². The standard InChI is InChI=1S/C18H30O3S3/c1-13(19)22-9-6-16-4-5-17(7-10-23-14(2)20)18(12-16)8-11-24-15(3)21/h16-18H,4-12H2,1-3H3/t16-,17-,18+/m1/s1. The first kappa shape index (κ1) is 22.1. The highest BCUT2D eigenvalue weighted by Gasteiger charge is 2.30. The van der Waals surface area contributed by atoms with Crippen molar-refractivity contribution in [2.75, 3.05) is 17.3 Å². The molecule has 0 unspecified atom stereocenters. The van der Waals surface area contributed by atoms with Crippen LogP contribution >= 0.6 is 35.3 Å². The Morgan fingerprint density at radius 1 is 0.708 bits per heavy atom. The van der Waals surface area contributed by atoms with Crippen LogP contribution in [0.3, 0.4) is 0 Å². The molecular weight excluding hydrogens is 360 g/mol. The molecule has 6 heteroatoms. The zero-order valence-electron chi connectivity index (χ0n) is 15.0. The molecule has 0 N–H and O–H groups in total. The first-order valence-electron chi connectivity index (χ1n) is 8.78. The molecule has 3 nitrogen and oxygen atoms in total. The predicted molar refractivity (Wildman–Crippen MR) is 108 cm³/mol. The molecule has 1 aliphatic rings. The second kappa shape index (κ2) is 12.4. The number of carbonyl (C=O) groups is 3. The zero-order valence-corrected chi connectivity index (χ0v) is 17.5. The fraction of sp³-hybridized carbons (Fsp3) is 0.833. The molecule has 0 aromatic carbocycles. The highest BCUT2D eigenvalue weighted by molar-refractivity contribution is 8.14. The van der Waals surface area contributed by atoms with Crippen molar-refractivity contribution in [2.45, 2.75) is 59.3 Å². The fourth-order valence-corrected chi connectivity index (χ4v) is 5.65. The maximum Gasteiger partial charge on any atom is 0.185 e. The number of hydrogen-bond acceptors (Lipinski definition) is 6. The molecule has 0 amide bonds. The summed E-state index contributed by atoms with van der Waals surface area (Å²) in [6.45, 7) is 4.90. The fourth-order valence-electron chi connectivity index (χ4n) is 3.50. The minimum Gasteiger partial charge on any atom is -0.288 e. The number of carbonyl (C=O) groups excluding carboxylic acids is 3. The van der Waals surface area contributed by atoms with Crippen molar-refractivity contribution < 1.29 is 14.4 Å². The van der Waals surface area contributed by atoms with Crippen LogP contribution < -0.4 is 0 Å². The van der Waals surface area contributed by atoms with Gasteiger partial charge in [-0.05, 0) is 49.9 Å². The lowest BCUT2D eigenvalue weighted by molar-refractivity contribution is -0.109. The van der Waals surface area contributed by atoms with Gasteiger partial charge < -0.3 is 0 Å². The summed E-state index contributed by atoms with van der Waals surface area (Å²) in [6.07, 6.45) is 7.00.